The van der Waals surface area contributed by atoms with Crippen LogP contribution < -0.4 is 9.22 Å². The normalized spacial score (nSPS) is 10.6. The van der Waals surface area contributed by atoms with Crippen molar-refractivity contribution in [3.05, 3.63) is 48.5 Å². The van der Waals surface area contributed by atoms with E-state index >= 15 is 0 Å². The molecule has 0 fully saturated rings. The molecule has 0 amide bonds. The second-order valence-corrected chi connectivity index (χ2v) is 4.66. The monoisotopic (exact) mass is 315 g/mol. The minimum absolute atomic E-state index is 0.352. The first kappa shape index (κ1) is 12.1. The van der Waals surface area contributed by atoms with Crippen molar-refractivity contribution in [2.24, 2.45) is 0 Å². The van der Waals surface area contributed by atoms with Crippen molar-refractivity contribution in [1.29, 1.82) is 0 Å². The fraction of sp³-hybridized carbons (Fsp3) is 0. The van der Waals surface area contributed by atoms with Gasteiger partial charge in [0.2, 0.25) is 0 Å². The molecule has 0 saturated carbocycles. The topological polar surface area (TPSA) is 47.9 Å². The van der Waals surface area contributed by atoms with Crippen LogP contribution in [0.2, 0.25) is 0 Å². The molecule has 4 nitrogen and oxygen atoms in total. The van der Waals surface area contributed by atoms with Crippen molar-refractivity contribution < 1.29 is 9.13 Å². The third-order valence-electron chi connectivity index (χ3n) is 2.46. The Kier molecular flexibility index (Phi) is 3.13. The van der Waals surface area contributed by atoms with Crippen LogP contribution in [0.5, 0.6) is 11.6 Å². The number of pyridine rings is 1. The standard InChI is InChI=1S/C13H7AsFN3O/c14-13-12-10(16-7-17-13)4-5-11(18-12)19-9-3-1-2-8(15)6-9/h1-7H. The second-order valence-electron chi connectivity index (χ2n) is 3.77. The van der Waals surface area contributed by atoms with E-state index in [4.69, 9.17) is 4.74 Å². The van der Waals surface area contributed by atoms with E-state index in [1.807, 2.05) is 0 Å². The number of hydrogen-bond acceptors (Lipinski definition) is 4. The average molecular weight is 315 g/mol. The summed E-state index contributed by atoms with van der Waals surface area (Å²) in [6.45, 7) is 0. The summed E-state index contributed by atoms with van der Waals surface area (Å²) in [5.41, 5.74) is 1.38. The summed E-state index contributed by atoms with van der Waals surface area (Å²) in [4.78, 5) is 12.5. The van der Waals surface area contributed by atoms with Gasteiger partial charge in [0.1, 0.15) is 0 Å². The SMILES string of the molecule is Fc1cccc(Oc2ccc3ncnc([As])c3n2)c1. The summed E-state index contributed by atoms with van der Waals surface area (Å²) in [7, 11) is 0. The molecule has 19 heavy (non-hydrogen) atoms. The molecule has 6 heteroatoms. The van der Waals surface area contributed by atoms with Crippen LogP contribution in [0.25, 0.3) is 11.0 Å². The molecular weight excluding hydrogens is 308 g/mol. The van der Waals surface area contributed by atoms with Crippen molar-refractivity contribution in [3.63, 3.8) is 0 Å². The Morgan fingerprint density at radius 3 is 2.84 bits per heavy atom. The molecule has 2 radical (unpaired) electrons. The minimum atomic E-state index is -0.352. The van der Waals surface area contributed by atoms with Gasteiger partial charge in [-0.3, -0.25) is 0 Å². The summed E-state index contributed by atoms with van der Waals surface area (Å²) in [6, 6.07) is 9.38. The molecule has 3 rings (SSSR count). The molecule has 0 aliphatic rings. The number of fused-ring (bicyclic) bond motifs is 1. The van der Waals surface area contributed by atoms with Crippen LogP contribution >= 0.6 is 0 Å². The number of hydrogen-bond donors (Lipinski definition) is 0. The van der Waals surface area contributed by atoms with Gasteiger partial charge in [-0.1, -0.05) is 0 Å². The predicted octanol–water partition coefficient (Wildman–Crippen LogP) is 1.75. The number of nitrogens with zero attached hydrogens (tertiary/aromatic N) is 3. The van der Waals surface area contributed by atoms with Gasteiger partial charge in [-0.05, 0) is 0 Å². The van der Waals surface area contributed by atoms with Gasteiger partial charge in [0.05, 0.1) is 0 Å². The summed E-state index contributed by atoms with van der Waals surface area (Å²) in [6.07, 6.45) is 1.48. The summed E-state index contributed by atoms with van der Waals surface area (Å²) < 4.78 is 19.3. The van der Waals surface area contributed by atoms with Gasteiger partial charge in [-0.15, -0.1) is 0 Å². The molecule has 0 atom stereocenters. The first-order valence-corrected chi connectivity index (χ1v) is 6.40. The molecule has 0 aliphatic heterocycles. The molecule has 1 aromatic carbocycles. The molecule has 0 aliphatic carbocycles. The van der Waals surface area contributed by atoms with E-state index in [2.05, 4.69) is 31.8 Å². The third kappa shape index (κ3) is 2.56. The molecule has 0 N–H and O–H groups in total. The van der Waals surface area contributed by atoms with Crippen molar-refractivity contribution in [2.75, 3.05) is 0 Å². The van der Waals surface area contributed by atoms with E-state index in [-0.39, 0.29) is 5.82 Å². The van der Waals surface area contributed by atoms with E-state index in [0.717, 1.165) is 5.52 Å². The fourth-order valence-electron chi connectivity index (χ4n) is 1.62. The van der Waals surface area contributed by atoms with Gasteiger partial charge in [0, 0.05) is 0 Å². The number of ether oxygens (including phenoxy) is 1. The zero-order valence-electron chi connectivity index (χ0n) is 9.62. The van der Waals surface area contributed by atoms with Crippen LogP contribution in [0.3, 0.4) is 0 Å². The quantitative estimate of drug-likeness (QED) is 0.676. The van der Waals surface area contributed by atoms with Crippen LogP contribution in [-0.4, -0.2) is 31.8 Å². The zero-order valence-corrected chi connectivity index (χ0v) is 11.5. The first-order chi connectivity index (χ1) is 9.22. The van der Waals surface area contributed by atoms with Crippen LogP contribution in [0.15, 0.2) is 42.7 Å². The Balaban J connectivity index is 2.00. The van der Waals surface area contributed by atoms with Crippen LogP contribution in [0.4, 0.5) is 4.39 Å². The summed E-state index contributed by atoms with van der Waals surface area (Å²) in [5, 5.41) is 0. The summed E-state index contributed by atoms with van der Waals surface area (Å²) in [5.74, 6) is 0.422. The van der Waals surface area contributed by atoms with E-state index < -0.39 is 0 Å². The van der Waals surface area contributed by atoms with Gasteiger partial charge >= 0.3 is 117 Å². The van der Waals surface area contributed by atoms with Gasteiger partial charge in [-0.25, -0.2) is 0 Å². The van der Waals surface area contributed by atoms with Crippen LogP contribution in [0.1, 0.15) is 0 Å². The van der Waals surface area contributed by atoms with E-state index in [9.17, 15) is 4.39 Å². The summed E-state index contributed by atoms with van der Waals surface area (Å²) >= 11 is 2.33. The number of halogens is 1. The van der Waals surface area contributed by atoms with E-state index in [1.54, 1.807) is 24.3 Å². The molecule has 0 bridgehead atoms. The molecular formula is C13H7AsFN3O. The average Bonchev–Trinajstić information content (AvgIpc) is 2.40. The Morgan fingerprint density at radius 1 is 1.11 bits per heavy atom. The molecule has 92 valence electrons. The van der Waals surface area contributed by atoms with Gasteiger partial charge in [0.25, 0.3) is 0 Å². The van der Waals surface area contributed by atoms with Gasteiger partial charge in [-0.2, -0.15) is 0 Å². The second kappa shape index (κ2) is 4.94. The first-order valence-electron chi connectivity index (χ1n) is 5.46. The zero-order chi connectivity index (χ0) is 13.2. The molecule has 0 spiro atoms. The van der Waals surface area contributed by atoms with Crippen LogP contribution in [-0.2, 0) is 0 Å². The molecule has 0 saturated heterocycles. The van der Waals surface area contributed by atoms with Crippen molar-refractivity contribution in [2.45, 2.75) is 0 Å². The van der Waals surface area contributed by atoms with Crippen molar-refractivity contribution in [1.82, 2.24) is 15.0 Å². The van der Waals surface area contributed by atoms with Crippen LogP contribution in [0, 0.1) is 5.82 Å². The third-order valence-corrected chi connectivity index (χ3v) is 3.14. The Labute approximate surface area is 117 Å². The molecule has 0 unspecified atom stereocenters. The maximum atomic E-state index is 13.1. The van der Waals surface area contributed by atoms with Gasteiger partial charge < -0.3 is 0 Å². The number of benzene rings is 1. The van der Waals surface area contributed by atoms with Crippen molar-refractivity contribution in [3.8, 4) is 11.6 Å². The Bertz CT molecular complexity index is 751. The molecule has 2 heterocycles. The Morgan fingerprint density at radius 2 is 2.00 bits per heavy atom. The van der Waals surface area contributed by atoms with E-state index in [1.165, 1.54) is 18.5 Å². The molecule has 3 aromatic rings. The maximum absolute atomic E-state index is 13.1. The van der Waals surface area contributed by atoms with Crippen molar-refractivity contribution >= 4 is 32.4 Å². The molecule has 2 aromatic heterocycles. The number of rotatable bonds is 2. The van der Waals surface area contributed by atoms with Gasteiger partial charge in [0.15, 0.2) is 0 Å². The number of aromatic nitrogens is 3. The van der Waals surface area contributed by atoms with E-state index in [0.29, 0.717) is 21.6 Å². The Hall–Kier alpha value is -2.00. The predicted molar refractivity (Wildman–Crippen MR) is 69.2 cm³/mol. The fourth-order valence-corrected chi connectivity index (χ4v) is 2.07.